The van der Waals surface area contributed by atoms with Crippen molar-refractivity contribution in [3.05, 3.63) is 24.3 Å². The van der Waals surface area contributed by atoms with Crippen molar-refractivity contribution in [3.63, 3.8) is 0 Å². The van der Waals surface area contributed by atoms with Crippen molar-refractivity contribution in [3.8, 4) is 0 Å². The fourth-order valence-corrected chi connectivity index (χ4v) is 9.91. The summed E-state index contributed by atoms with van der Waals surface area (Å²) in [6.45, 7) is 4.94. The molecule has 414 valence electrons. The molecule has 0 aliphatic heterocycles. The van der Waals surface area contributed by atoms with Crippen molar-refractivity contribution in [2.24, 2.45) is 0 Å². The summed E-state index contributed by atoms with van der Waals surface area (Å²) >= 11 is 0. The summed E-state index contributed by atoms with van der Waals surface area (Å²) in [5.41, 5.74) is 0. The molecule has 0 saturated heterocycles. The van der Waals surface area contributed by atoms with Crippen LogP contribution < -0.4 is 5.32 Å². The second-order valence-electron chi connectivity index (χ2n) is 21.7. The van der Waals surface area contributed by atoms with Crippen LogP contribution in [0.4, 0.5) is 0 Å². The lowest BCUT2D eigenvalue weighted by atomic mass is 10.0. The zero-order valence-electron chi connectivity index (χ0n) is 47.3. The summed E-state index contributed by atoms with van der Waals surface area (Å²) in [6.07, 6.45) is 73.2. The van der Waals surface area contributed by atoms with E-state index in [1.54, 1.807) is 0 Å². The molecule has 0 aromatic carbocycles. The van der Waals surface area contributed by atoms with E-state index in [2.05, 4.69) is 43.5 Å². The summed E-state index contributed by atoms with van der Waals surface area (Å²) in [4.78, 5) is 24.6. The van der Waals surface area contributed by atoms with E-state index in [0.29, 0.717) is 25.9 Å². The number of carbonyl (C=O) groups excluding carboxylic acids is 2. The smallest absolute Gasteiger partial charge is 0.305 e. The molecule has 0 heterocycles. The number of ether oxygens (including phenoxy) is 1. The minimum absolute atomic E-state index is 0.000296. The van der Waals surface area contributed by atoms with E-state index in [1.807, 2.05) is 0 Å². The van der Waals surface area contributed by atoms with Gasteiger partial charge >= 0.3 is 5.97 Å². The molecule has 0 aromatic heterocycles. The lowest BCUT2D eigenvalue weighted by Gasteiger charge is -2.22. The first kappa shape index (κ1) is 68.3. The van der Waals surface area contributed by atoms with E-state index >= 15 is 0 Å². The van der Waals surface area contributed by atoms with Crippen LogP contribution in [0.1, 0.15) is 348 Å². The molecule has 0 saturated carbocycles. The highest BCUT2D eigenvalue weighted by Gasteiger charge is 2.20. The monoisotopic (exact) mass is 986 g/mol. The van der Waals surface area contributed by atoms with Gasteiger partial charge in [0, 0.05) is 12.8 Å². The number of aliphatic hydroxyl groups excluding tert-OH is 2. The first-order chi connectivity index (χ1) is 34.5. The van der Waals surface area contributed by atoms with E-state index in [4.69, 9.17) is 4.74 Å². The molecular weight excluding hydrogens is 863 g/mol. The fourth-order valence-electron chi connectivity index (χ4n) is 9.91. The predicted molar refractivity (Wildman–Crippen MR) is 306 cm³/mol. The Kier molecular flexibility index (Phi) is 58.5. The second kappa shape index (κ2) is 59.9. The Morgan fingerprint density at radius 3 is 1.11 bits per heavy atom. The van der Waals surface area contributed by atoms with Gasteiger partial charge in [-0.15, -0.1) is 0 Å². The van der Waals surface area contributed by atoms with Gasteiger partial charge in [0.25, 0.3) is 0 Å². The first-order valence-corrected chi connectivity index (χ1v) is 31.6. The zero-order valence-corrected chi connectivity index (χ0v) is 47.3. The van der Waals surface area contributed by atoms with Crippen LogP contribution in [0.15, 0.2) is 24.3 Å². The van der Waals surface area contributed by atoms with Crippen molar-refractivity contribution in [2.75, 3.05) is 13.2 Å². The van der Waals surface area contributed by atoms with Crippen LogP contribution in [0.25, 0.3) is 0 Å². The molecule has 1 amide bonds. The van der Waals surface area contributed by atoms with Crippen LogP contribution in [-0.4, -0.2) is 47.4 Å². The van der Waals surface area contributed by atoms with Crippen molar-refractivity contribution in [1.29, 1.82) is 0 Å². The van der Waals surface area contributed by atoms with Gasteiger partial charge < -0.3 is 20.3 Å². The number of hydrogen-bond acceptors (Lipinski definition) is 5. The minimum atomic E-state index is -0.668. The third-order valence-electron chi connectivity index (χ3n) is 14.8. The number of amides is 1. The Labute approximate surface area is 437 Å². The van der Waals surface area contributed by atoms with Gasteiger partial charge in [-0.3, -0.25) is 9.59 Å². The van der Waals surface area contributed by atoms with Crippen LogP contribution in [0.3, 0.4) is 0 Å². The molecule has 70 heavy (non-hydrogen) atoms. The van der Waals surface area contributed by atoms with E-state index in [1.165, 1.54) is 263 Å². The molecule has 0 aliphatic rings. The lowest BCUT2D eigenvalue weighted by Crippen LogP contribution is -2.45. The molecule has 2 atom stereocenters. The largest absolute Gasteiger partial charge is 0.466 e. The Bertz CT molecular complexity index is 1090. The molecule has 0 bridgehead atoms. The Morgan fingerprint density at radius 1 is 0.400 bits per heavy atom. The highest BCUT2D eigenvalue weighted by molar-refractivity contribution is 5.76. The Hall–Kier alpha value is -1.66. The second-order valence-corrected chi connectivity index (χ2v) is 21.7. The number of esters is 1. The maximum atomic E-state index is 12.5. The minimum Gasteiger partial charge on any atom is -0.466 e. The van der Waals surface area contributed by atoms with Gasteiger partial charge in [-0.2, -0.15) is 0 Å². The Morgan fingerprint density at radius 2 is 0.714 bits per heavy atom. The highest BCUT2D eigenvalue weighted by atomic mass is 16.5. The molecule has 0 fully saturated rings. The molecule has 0 aliphatic carbocycles. The predicted octanol–water partition coefficient (Wildman–Crippen LogP) is 19.8. The lowest BCUT2D eigenvalue weighted by molar-refractivity contribution is -0.143. The quantitative estimate of drug-likeness (QED) is 0.0321. The molecule has 6 nitrogen and oxygen atoms in total. The molecule has 3 N–H and O–H groups in total. The molecule has 0 radical (unpaired) electrons. The maximum absolute atomic E-state index is 12.5. The summed E-state index contributed by atoms with van der Waals surface area (Å²) in [6, 6.07) is -0.545. The number of unbranched alkanes of at least 4 members (excludes halogenated alkanes) is 44. The van der Waals surface area contributed by atoms with Gasteiger partial charge in [0.2, 0.25) is 5.91 Å². The standard InChI is InChI=1S/C64H123NO5/c1-3-5-7-9-11-13-15-17-19-21-25-28-32-36-40-44-48-52-56-62(67)61(60-66)65-63(68)57-53-49-45-41-37-33-29-26-22-23-27-31-35-39-43-47-51-55-59-70-64(69)58-54-50-46-42-38-34-30-24-20-18-16-14-12-10-8-6-4-2/h12,14,18,20,61-62,66-67H,3-11,13,15-17,19,21-60H2,1-2H3,(H,65,68)/b14-12-,20-18-. The van der Waals surface area contributed by atoms with Crippen molar-refractivity contribution in [2.45, 2.75) is 360 Å². The average molecular weight is 987 g/mol. The van der Waals surface area contributed by atoms with Gasteiger partial charge in [0.15, 0.2) is 0 Å². The number of aliphatic hydroxyl groups is 2. The first-order valence-electron chi connectivity index (χ1n) is 31.6. The SMILES string of the molecule is CCCCC/C=C\C/C=C\CCCCCCCCCC(=O)OCCCCCCCCCCCCCCCCCCCCC(=O)NC(CO)C(O)CCCCCCCCCCCCCCCCCCCC. The van der Waals surface area contributed by atoms with Crippen LogP contribution in [0.5, 0.6) is 0 Å². The number of hydrogen-bond donors (Lipinski definition) is 3. The molecule has 2 unspecified atom stereocenters. The normalized spacial score (nSPS) is 12.7. The molecule has 0 aromatic rings. The number of rotatable bonds is 59. The van der Waals surface area contributed by atoms with Gasteiger partial charge in [-0.1, -0.05) is 301 Å². The molecule has 0 spiro atoms. The Balaban J connectivity index is 3.40. The number of nitrogens with one attached hydrogen (secondary N) is 1. The van der Waals surface area contributed by atoms with Crippen molar-refractivity contribution < 1.29 is 24.5 Å². The van der Waals surface area contributed by atoms with E-state index in [-0.39, 0.29) is 18.5 Å². The van der Waals surface area contributed by atoms with Gasteiger partial charge in [-0.05, 0) is 57.8 Å². The molecule has 0 rings (SSSR count). The third kappa shape index (κ3) is 55.7. The van der Waals surface area contributed by atoms with E-state index in [0.717, 1.165) is 51.4 Å². The molecule has 6 heteroatoms. The number of allylic oxidation sites excluding steroid dienone is 4. The van der Waals surface area contributed by atoms with Crippen LogP contribution in [0, 0.1) is 0 Å². The highest BCUT2D eigenvalue weighted by Crippen LogP contribution is 2.18. The molecular formula is C64H123NO5. The van der Waals surface area contributed by atoms with Crippen molar-refractivity contribution in [1.82, 2.24) is 5.32 Å². The van der Waals surface area contributed by atoms with Crippen LogP contribution in [-0.2, 0) is 14.3 Å². The van der Waals surface area contributed by atoms with Gasteiger partial charge in [0.05, 0.1) is 25.4 Å². The number of carbonyl (C=O) groups is 2. The van der Waals surface area contributed by atoms with Crippen LogP contribution in [0.2, 0.25) is 0 Å². The summed E-state index contributed by atoms with van der Waals surface area (Å²) in [5.74, 6) is -0.0359. The van der Waals surface area contributed by atoms with E-state index < -0.39 is 12.1 Å². The third-order valence-corrected chi connectivity index (χ3v) is 14.8. The zero-order chi connectivity index (χ0) is 50.7. The van der Waals surface area contributed by atoms with Gasteiger partial charge in [-0.25, -0.2) is 0 Å². The van der Waals surface area contributed by atoms with E-state index in [9.17, 15) is 19.8 Å². The summed E-state index contributed by atoms with van der Waals surface area (Å²) < 4.78 is 5.49. The van der Waals surface area contributed by atoms with Crippen LogP contribution >= 0.6 is 0 Å². The summed E-state index contributed by atoms with van der Waals surface area (Å²) in [7, 11) is 0. The average Bonchev–Trinajstić information content (AvgIpc) is 3.36. The fraction of sp³-hybridized carbons (Fsp3) is 0.906. The summed E-state index contributed by atoms with van der Waals surface area (Å²) in [5, 5.41) is 23.3. The maximum Gasteiger partial charge on any atom is 0.305 e. The van der Waals surface area contributed by atoms with Crippen molar-refractivity contribution >= 4 is 11.9 Å². The van der Waals surface area contributed by atoms with Gasteiger partial charge in [0.1, 0.15) is 0 Å². The topological polar surface area (TPSA) is 95.9 Å².